The standard InChI is InChI=1S/C14H20N4O4.CH2O2/c19-12(15-6-9-2-1-5-22-9)8-18-4-3-11-10(7-18)13(14(20)21)17-16-11;2-1-3/h9H,1-8H2,(H,15,19)(H,16,17)(H,20,21);1H,(H,2,3). The lowest BCUT2D eigenvalue weighted by atomic mass is 10.1. The van der Waals surface area contributed by atoms with Crippen LogP contribution in [0.4, 0.5) is 0 Å². The van der Waals surface area contributed by atoms with Crippen molar-refractivity contribution in [1.29, 1.82) is 0 Å². The first kappa shape index (κ1) is 18.9. The molecule has 0 spiro atoms. The van der Waals surface area contributed by atoms with Gasteiger partial charge in [-0.1, -0.05) is 0 Å². The molecule has 0 aromatic carbocycles. The fraction of sp³-hybridized carbons (Fsp3) is 0.600. The van der Waals surface area contributed by atoms with Gasteiger partial charge in [-0.25, -0.2) is 4.79 Å². The van der Waals surface area contributed by atoms with Crippen molar-refractivity contribution < 1.29 is 29.3 Å². The van der Waals surface area contributed by atoms with Crippen molar-refractivity contribution in [3.63, 3.8) is 0 Å². The highest BCUT2D eigenvalue weighted by Gasteiger charge is 2.26. The van der Waals surface area contributed by atoms with Crippen LogP contribution in [0.1, 0.15) is 34.6 Å². The second-order valence-electron chi connectivity index (χ2n) is 5.84. The van der Waals surface area contributed by atoms with Gasteiger partial charge in [-0.05, 0) is 12.8 Å². The number of aromatic carboxylic acids is 1. The van der Waals surface area contributed by atoms with Gasteiger partial charge >= 0.3 is 5.97 Å². The molecule has 10 heteroatoms. The van der Waals surface area contributed by atoms with Gasteiger partial charge in [0.05, 0.1) is 12.6 Å². The molecule has 3 heterocycles. The predicted octanol–water partition coefficient (Wildman–Crippen LogP) is -0.538. The van der Waals surface area contributed by atoms with Gasteiger partial charge in [0.2, 0.25) is 5.91 Å². The number of carboxylic acids is 1. The molecule has 25 heavy (non-hydrogen) atoms. The Morgan fingerprint density at radius 3 is 2.88 bits per heavy atom. The SMILES string of the molecule is O=C(CN1CCc2[nH]nc(C(=O)O)c2C1)NCC1CCCO1.O=CO. The van der Waals surface area contributed by atoms with Crippen LogP contribution in [0.15, 0.2) is 0 Å². The van der Waals surface area contributed by atoms with Crippen LogP contribution >= 0.6 is 0 Å². The zero-order chi connectivity index (χ0) is 18.2. The highest BCUT2D eigenvalue weighted by molar-refractivity contribution is 5.87. The molecule has 2 aliphatic heterocycles. The third kappa shape index (κ3) is 5.26. The molecule has 0 saturated carbocycles. The fourth-order valence-electron chi connectivity index (χ4n) is 2.95. The lowest BCUT2D eigenvalue weighted by Crippen LogP contribution is -2.42. The Kier molecular flexibility index (Phi) is 6.90. The van der Waals surface area contributed by atoms with Crippen LogP contribution in [-0.2, 0) is 27.3 Å². The number of hydrogen-bond acceptors (Lipinski definition) is 6. The molecule has 0 radical (unpaired) electrons. The lowest BCUT2D eigenvalue weighted by molar-refractivity contribution is -0.123. The van der Waals surface area contributed by atoms with E-state index in [1.807, 2.05) is 4.90 Å². The first-order chi connectivity index (χ1) is 12.0. The molecule has 1 atom stereocenters. The average molecular weight is 354 g/mol. The average Bonchev–Trinajstić information content (AvgIpc) is 3.23. The predicted molar refractivity (Wildman–Crippen MR) is 85.2 cm³/mol. The van der Waals surface area contributed by atoms with Crippen LogP contribution in [0.3, 0.4) is 0 Å². The number of aromatic nitrogens is 2. The Morgan fingerprint density at radius 1 is 1.48 bits per heavy atom. The Morgan fingerprint density at radius 2 is 2.24 bits per heavy atom. The molecule has 1 unspecified atom stereocenters. The van der Waals surface area contributed by atoms with Crippen molar-refractivity contribution >= 4 is 18.3 Å². The zero-order valence-corrected chi connectivity index (χ0v) is 13.7. The second kappa shape index (κ2) is 9.14. The number of carbonyl (C=O) groups excluding carboxylic acids is 1. The third-order valence-corrected chi connectivity index (χ3v) is 4.13. The van der Waals surface area contributed by atoms with E-state index in [9.17, 15) is 9.59 Å². The summed E-state index contributed by atoms with van der Waals surface area (Å²) in [6.45, 7) is 2.47. The number of aromatic amines is 1. The summed E-state index contributed by atoms with van der Waals surface area (Å²) in [5.41, 5.74) is 1.60. The number of H-pyrrole nitrogens is 1. The van der Waals surface area contributed by atoms with E-state index in [1.165, 1.54) is 0 Å². The molecule has 1 aromatic heterocycles. The van der Waals surface area contributed by atoms with Crippen molar-refractivity contribution in [1.82, 2.24) is 20.4 Å². The number of rotatable bonds is 5. The molecule has 1 aromatic rings. The largest absolute Gasteiger partial charge is 0.483 e. The van der Waals surface area contributed by atoms with E-state index in [4.69, 9.17) is 19.7 Å². The van der Waals surface area contributed by atoms with Crippen LogP contribution in [0.2, 0.25) is 0 Å². The number of amides is 1. The van der Waals surface area contributed by atoms with Crippen molar-refractivity contribution in [2.24, 2.45) is 0 Å². The first-order valence-electron chi connectivity index (χ1n) is 8.03. The molecule has 4 N–H and O–H groups in total. The minimum Gasteiger partial charge on any atom is -0.483 e. The normalized spacial score (nSPS) is 19.4. The number of fused-ring (bicyclic) bond motifs is 1. The summed E-state index contributed by atoms with van der Waals surface area (Å²) in [4.78, 5) is 33.4. The smallest absolute Gasteiger partial charge is 0.356 e. The molecule has 138 valence electrons. The highest BCUT2D eigenvalue weighted by Crippen LogP contribution is 2.20. The maximum atomic E-state index is 12.0. The molecule has 3 rings (SSSR count). The van der Waals surface area contributed by atoms with Gasteiger partial charge < -0.3 is 20.3 Å². The Balaban J connectivity index is 0.000000701. The van der Waals surface area contributed by atoms with Crippen molar-refractivity contribution in [3.8, 4) is 0 Å². The Bertz CT molecular complexity index is 611. The van der Waals surface area contributed by atoms with E-state index in [2.05, 4.69) is 15.5 Å². The molecule has 1 amide bonds. The number of nitrogens with one attached hydrogen (secondary N) is 2. The summed E-state index contributed by atoms with van der Waals surface area (Å²) in [6.07, 6.45) is 2.84. The van der Waals surface area contributed by atoms with Crippen LogP contribution in [0, 0.1) is 0 Å². The van der Waals surface area contributed by atoms with E-state index in [0.717, 1.165) is 25.1 Å². The molecule has 0 aliphatic carbocycles. The fourth-order valence-corrected chi connectivity index (χ4v) is 2.95. The van der Waals surface area contributed by atoms with Crippen LogP contribution in [0.25, 0.3) is 0 Å². The summed E-state index contributed by atoms with van der Waals surface area (Å²) in [5.74, 6) is -1.10. The van der Waals surface area contributed by atoms with Crippen molar-refractivity contribution in [2.45, 2.75) is 31.9 Å². The van der Waals surface area contributed by atoms with Crippen LogP contribution < -0.4 is 5.32 Å². The molecule has 2 aliphatic rings. The zero-order valence-electron chi connectivity index (χ0n) is 13.7. The van der Waals surface area contributed by atoms with Gasteiger partial charge in [0.1, 0.15) is 0 Å². The van der Waals surface area contributed by atoms with Gasteiger partial charge in [-0.2, -0.15) is 5.10 Å². The maximum absolute atomic E-state index is 12.0. The van der Waals surface area contributed by atoms with Gasteiger partial charge in [0.15, 0.2) is 5.69 Å². The number of carboxylic acid groups (broad SMARTS) is 2. The summed E-state index contributed by atoms with van der Waals surface area (Å²) in [7, 11) is 0. The molecular formula is C15H22N4O6. The number of hydrogen-bond donors (Lipinski definition) is 4. The summed E-state index contributed by atoms with van der Waals surface area (Å²) in [5, 5.41) is 25.5. The van der Waals surface area contributed by atoms with Gasteiger partial charge in [0, 0.05) is 43.9 Å². The topological polar surface area (TPSA) is 145 Å². The summed E-state index contributed by atoms with van der Waals surface area (Å²) < 4.78 is 5.47. The Hall–Kier alpha value is -2.46. The van der Waals surface area contributed by atoms with E-state index < -0.39 is 5.97 Å². The summed E-state index contributed by atoms with van der Waals surface area (Å²) >= 11 is 0. The minimum atomic E-state index is -1.04. The van der Waals surface area contributed by atoms with E-state index in [0.29, 0.717) is 31.6 Å². The third-order valence-electron chi connectivity index (χ3n) is 4.13. The molecule has 0 bridgehead atoms. The maximum Gasteiger partial charge on any atom is 0.356 e. The van der Waals surface area contributed by atoms with Gasteiger partial charge in [-0.15, -0.1) is 0 Å². The van der Waals surface area contributed by atoms with Crippen LogP contribution in [0.5, 0.6) is 0 Å². The quantitative estimate of drug-likeness (QED) is 0.516. The van der Waals surface area contributed by atoms with Gasteiger partial charge in [0.25, 0.3) is 6.47 Å². The lowest BCUT2D eigenvalue weighted by Gasteiger charge is -2.26. The second-order valence-corrected chi connectivity index (χ2v) is 5.84. The molecule has 10 nitrogen and oxygen atoms in total. The monoisotopic (exact) mass is 354 g/mol. The van der Waals surface area contributed by atoms with Gasteiger partial charge in [-0.3, -0.25) is 19.6 Å². The number of carbonyl (C=O) groups is 3. The molecule has 1 fully saturated rings. The van der Waals surface area contributed by atoms with Crippen molar-refractivity contribution in [2.75, 3.05) is 26.2 Å². The number of ether oxygens (including phenoxy) is 1. The van der Waals surface area contributed by atoms with E-state index >= 15 is 0 Å². The summed E-state index contributed by atoms with van der Waals surface area (Å²) in [6, 6.07) is 0. The molecular weight excluding hydrogens is 332 g/mol. The Labute approximate surface area is 144 Å². The first-order valence-corrected chi connectivity index (χ1v) is 8.03. The minimum absolute atomic E-state index is 0.0551. The number of nitrogens with zero attached hydrogens (tertiary/aromatic N) is 2. The van der Waals surface area contributed by atoms with E-state index in [1.54, 1.807) is 0 Å². The van der Waals surface area contributed by atoms with Crippen molar-refractivity contribution in [3.05, 3.63) is 17.0 Å². The molecule has 1 saturated heterocycles. The van der Waals surface area contributed by atoms with E-state index in [-0.39, 0.29) is 30.7 Å². The van der Waals surface area contributed by atoms with Crippen LogP contribution in [-0.4, -0.2) is 76.0 Å². The highest BCUT2D eigenvalue weighted by atomic mass is 16.5.